The van der Waals surface area contributed by atoms with Crippen LogP contribution in [0, 0.1) is 0 Å². The largest absolute Gasteiger partial charge is 0.507 e. The van der Waals surface area contributed by atoms with Crippen LogP contribution < -0.4 is 5.32 Å². The molecule has 0 fully saturated rings. The Morgan fingerprint density at radius 2 is 1.90 bits per heavy atom. The van der Waals surface area contributed by atoms with Gasteiger partial charge in [-0.1, -0.05) is 37.6 Å². The fourth-order valence-corrected chi connectivity index (χ4v) is 2.19. The van der Waals surface area contributed by atoms with E-state index in [1.807, 2.05) is 24.3 Å². The Balaban J connectivity index is 2.14. The lowest BCUT2D eigenvalue weighted by molar-refractivity contribution is 0.102. The van der Waals surface area contributed by atoms with Crippen LogP contribution in [0.1, 0.15) is 42.1 Å². The lowest BCUT2D eigenvalue weighted by Crippen LogP contribution is -2.12. The molecule has 4 heteroatoms. The zero-order valence-electron chi connectivity index (χ0n) is 12.1. The number of anilines is 1. The van der Waals surface area contributed by atoms with E-state index in [2.05, 4.69) is 19.2 Å². The number of phenolic OH excluding ortho intramolecular Hbond substituents is 1. The second-order valence-electron chi connectivity index (χ2n) is 5.05. The highest BCUT2D eigenvalue weighted by Crippen LogP contribution is 2.24. The van der Waals surface area contributed by atoms with E-state index in [1.165, 1.54) is 23.8 Å². The molecule has 1 unspecified atom stereocenters. The van der Waals surface area contributed by atoms with Gasteiger partial charge < -0.3 is 10.4 Å². The van der Waals surface area contributed by atoms with Crippen molar-refractivity contribution in [2.75, 3.05) is 5.32 Å². The Kier molecular flexibility index (Phi) is 4.86. The van der Waals surface area contributed by atoms with Crippen LogP contribution in [0.2, 0.25) is 5.02 Å². The van der Waals surface area contributed by atoms with E-state index in [4.69, 9.17) is 11.6 Å². The summed E-state index contributed by atoms with van der Waals surface area (Å²) in [5, 5.41) is 12.9. The Labute approximate surface area is 129 Å². The Morgan fingerprint density at radius 1 is 1.24 bits per heavy atom. The van der Waals surface area contributed by atoms with E-state index in [-0.39, 0.29) is 17.2 Å². The minimum absolute atomic E-state index is 0.0897. The zero-order chi connectivity index (χ0) is 15.4. The van der Waals surface area contributed by atoms with Gasteiger partial charge in [0.25, 0.3) is 5.91 Å². The number of nitrogens with one attached hydrogen (secondary N) is 1. The Hall–Kier alpha value is -2.00. The van der Waals surface area contributed by atoms with Crippen molar-refractivity contribution in [3.63, 3.8) is 0 Å². The molecular formula is C17H18ClNO2. The highest BCUT2D eigenvalue weighted by molar-refractivity contribution is 6.31. The minimum Gasteiger partial charge on any atom is -0.507 e. The Morgan fingerprint density at radius 3 is 2.52 bits per heavy atom. The summed E-state index contributed by atoms with van der Waals surface area (Å²) in [6.45, 7) is 4.31. The smallest absolute Gasteiger partial charge is 0.259 e. The summed E-state index contributed by atoms with van der Waals surface area (Å²) in [5.41, 5.74) is 2.08. The third-order valence-electron chi connectivity index (χ3n) is 3.55. The van der Waals surface area contributed by atoms with Crippen LogP contribution in [0.5, 0.6) is 5.75 Å². The first-order chi connectivity index (χ1) is 10.0. The summed E-state index contributed by atoms with van der Waals surface area (Å²) in [6.07, 6.45) is 1.07. The van der Waals surface area contributed by atoms with Gasteiger partial charge in [0.15, 0.2) is 0 Å². The second-order valence-corrected chi connectivity index (χ2v) is 5.48. The van der Waals surface area contributed by atoms with Crippen LogP contribution in [-0.4, -0.2) is 11.0 Å². The summed E-state index contributed by atoms with van der Waals surface area (Å²) in [5.74, 6) is 0.0196. The molecule has 2 N–H and O–H groups in total. The van der Waals surface area contributed by atoms with Crippen LogP contribution in [0.25, 0.3) is 0 Å². The van der Waals surface area contributed by atoms with Gasteiger partial charge in [0.1, 0.15) is 5.75 Å². The highest BCUT2D eigenvalue weighted by atomic mass is 35.5. The number of aromatic hydroxyl groups is 1. The molecule has 2 aromatic carbocycles. The quantitative estimate of drug-likeness (QED) is 0.851. The molecule has 3 nitrogen and oxygen atoms in total. The van der Waals surface area contributed by atoms with Gasteiger partial charge >= 0.3 is 0 Å². The van der Waals surface area contributed by atoms with Crippen molar-refractivity contribution in [2.45, 2.75) is 26.2 Å². The van der Waals surface area contributed by atoms with Gasteiger partial charge in [-0.05, 0) is 48.2 Å². The molecule has 0 radical (unpaired) electrons. The topological polar surface area (TPSA) is 49.3 Å². The number of rotatable bonds is 4. The van der Waals surface area contributed by atoms with Crippen LogP contribution in [0.4, 0.5) is 5.69 Å². The number of hydrogen-bond donors (Lipinski definition) is 2. The molecule has 0 heterocycles. The maximum absolute atomic E-state index is 12.1. The standard InChI is InChI=1S/C17H18ClNO2/c1-3-11(2)12-4-7-14(8-5-12)19-17(21)15-10-13(18)6-9-16(15)20/h4-11,20H,3H2,1-2H3,(H,19,21). The fraction of sp³-hybridized carbons (Fsp3) is 0.235. The SMILES string of the molecule is CCC(C)c1ccc(NC(=O)c2cc(Cl)ccc2O)cc1. The number of amides is 1. The van der Waals surface area contributed by atoms with Crippen LogP contribution in [0.3, 0.4) is 0 Å². The van der Waals surface area contributed by atoms with Crippen molar-refractivity contribution in [3.8, 4) is 5.75 Å². The van der Waals surface area contributed by atoms with E-state index in [9.17, 15) is 9.90 Å². The molecule has 0 aliphatic rings. The molecule has 0 spiro atoms. The molecule has 21 heavy (non-hydrogen) atoms. The number of hydrogen-bond acceptors (Lipinski definition) is 2. The van der Waals surface area contributed by atoms with Gasteiger partial charge in [0.2, 0.25) is 0 Å². The van der Waals surface area contributed by atoms with E-state index in [0.717, 1.165) is 6.42 Å². The van der Waals surface area contributed by atoms with Gasteiger partial charge in [-0.25, -0.2) is 0 Å². The first kappa shape index (κ1) is 15.4. The summed E-state index contributed by atoms with van der Waals surface area (Å²) in [7, 11) is 0. The molecule has 0 saturated heterocycles. The van der Waals surface area contributed by atoms with Crippen LogP contribution in [-0.2, 0) is 0 Å². The number of phenols is 1. The molecule has 0 saturated carbocycles. The van der Waals surface area contributed by atoms with Crippen LogP contribution in [0.15, 0.2) is 42.5 Å². The predicted octanol–water partition coefficient (Wildman–Crippen LogP) is 4.81. The van der Waals surface area contributed by atoms with Crippen molar-refractivity contribution < 1.29 is 9.90 Å². The van der Waals surface area contributed by atoms with E-state index in [0.29, 0.717) is 16.6 Å². The fourth-order valence-electron chi connectivity index (χ4n) is 2.02. The number of halogens is 1. The summed E-state index contributed by atoms with van der Waals surface area (Å²) in [6, 6.07) is 12.1. The zero-order valence-corrected chi connectivity index (χ0v) is 12.8. The van der Waals surface area contributed by atoms with Crippen molar-refractivity contribution in [1.29, 1.82) is 0 Å². The van der Waals surface area contributed by atoms with Gasteiger partial charge in [0.05, 0.1) is 5.56 Å². The van der Waals surface area contributed by atoms with Crippen molar-refractivity contribution in [1.82, 2.24) is 0 Å². The average Bonchev–Trinajstić information content (AvgIpc) is 2.49. The molecule has 0 bridgehead atoms. The third kappa shape index (κ3) is 3.76. The molecule has 0 aliphatic heterocycles. The maximum Gasteiger partial charge on any atom is 0.259 e. The monoisotopic (exact) mass is 303 g/mol. The summed E-state index contributed by atoms with van der Waals surface area (Å²) >= 11 is 5.84. The number of carbonyl (C=O) groups excluding carboxylic acids is 1. The predicted molar refractivity (Wildman–Crippen MR) is 86.2 cm³/mol. The first-order valence-corrected chi connectivity index (χ1v) is 7.29. The first-order valence-electron chi connectivity index (χ1n) is 6.91. The van der Waals surface area contributed by atoms with Gasteiger partial charge in [-0.15, -0.1) is 0 Å². The van der Waals surface area contributed by atoms with Gasteiger partial charge in [0, 0.05) is 10.7 Å². The molecular weight excluding hydrogens is 286 g/mol. The lowest BCUT2D eigenvalue weighted by Gasteiger charge is -2.11. The normalized spacial score (nSPS) is 12.0. The van der Waals surface area contributed by atoms with Gasteiger partial charge in [-0.2, -0.15) is 0 Å². The highest BCUT2D eigenvalue weighted by Gasteiger charge is 2.12. The van der Waals surface area contributed by atoms with Crippen molar-refractivity contribution in [2.24, 2.45) is 0 Å². The molecule has 0 aromatic heterocycles. The Bertz CT molecular complexity index is 638. The van der Waals surface area contributed by atoms with Gasteiger partial charge in [-0.3, -0.25) is 4.79 Å². The average molecular weight is 304 g/mol. The second kappa shape index (κ2) is 6.64. The van der Waals surface area contributed by atoms with Crippen LogP contribution >= 0.6 is 11.6 Å². The lowest BCUT2D eigenvalue weighted by atomic mass is 9.98. The molecule has 0 aliphatic carbocycles. The van der Waals surface area contributed by atoms with Crippen molar-refractivity contribution in [3.05, 3.63) is 58.6 Å². The molecule has 110 valence electrons. The summed E-state index contributed by atoms with van der Waals surface area (Å²) in [4.78, 5) is 12.1. The third-order valence-corrected chi connectivity index (χ3v) is 3.79. The van der Waals surface area contributed by atoms with E-state index < -0.39 is 0 Å². The minimum atomic E-state index is -0.383. The molecule has 2 rings (SSSR count). The maximum atomic E-state index is 12.1. The van der Waals surface area contributed by atoms with E-state index in [1.54, 1.807) is 0 Å². The number of benzene rings is 2. The van der Waals surface area contributed by atoms with E-state index >= 15 is 0 Å². The number of carbonyl (C=O) groups is 1. The molecule has 1 atom stereocenters. The molecule has 1 amide bonds. The summed E-state index contributed by atoms with van der Waals surface area (Å²) < 4.78 is 0. The molecule has 2 aromatic rings. The van der Waals surface area contributed by atoms with Crippen molar-refractivity contribution >= 4 is 23.2 Å².